The molecule has 20 heavy (non-hydrogen) atoms. The van der Waals surface area contributed by atoms with Crippen molar-refractivity contribution in [1.29, 1.82) is 0 Å². The lowest BCUT2D eigenvalue weighted by atomic mass is 10.2. The van der Waals surface area contributed by atoms with Crippen LogP contribution in [0.3, 0.4) is 0 Å². The summed E-state index contributed by atoms with van der Waals surface area (Å²) in [5, 5.41) is 3.03. The van der Waals surface area contributed by atoms with E-state index in [-0.39, 0.29) is 0 Å². The van der Waals surface area contributed by atoms with E-state index >= 15 is 0 Å². The molecule has 0 spiro atoms. The zero-order valence-corrected chi connectivity index (χ0v) is 11.6. The van der Waals surface area contributed by atoms with Gasteiger partial charge in [-0.05, 0) is 42.7 Å². The zero-order valence-electron chi connectivity index (χ0n) is 10.8. The average molecular weight is 301 g/mol. The third kappa shape index (κ3) is 3.96. The number of hydrogen-bond acceptors (Lipinski definition) is 3. The van der Waals surface area contributed by atoms with E-state index in [0.717, 1.165) is 29.4 Å². The number of furan rings is 1. The molecule has 0 saturated heterocycles. The van der Waals surface area contributed by atoms with Gasteiger partial charge in [-0.25, -0.2) is 0 Å². The van der Waals surface area contributed by atoms with Crippen molar-refractivity contribution in [3.8, 4) is 0 Å². The molecule has 6 heteroatoms. The Morgan fingerprint density at radius 1 is 1.05 bits per heavy atom. The van der Waals surface area contributed by atoms with E-state index in [1.54, 1.807) is 11.8 Å². The van der Waals surface area contributed by atoms with Gasteiger partial charge in [0.2, 0.25) is 0 Å². The average Bonchev–Trinajstić information content (AvgIpc) is 2.84. The van der Waals surface area contributed by atoms with E-state index in [2.05, 4.69) is 5.32 Å². The summed E-state index contributed by atoms with van der Waals surface area (Å²) in [7, 11) is 0. The van der Waals surface area contributed by atoms with E-state index in [0.29, 0.717) is 12.2 Å². The molecule has 0 unspecified atom stereocenters. The summed E-state index contributed by atoms with van der Waals surface area (Å²) < 4.78 is 42.8. The normalized spacial score (nSPS) is 11.6. The van der Waals surface area contributed by atoms with E-state index in [9.17, 15) is 13.2 Å². The first-order valence-corrected chi connectivity index (χ1v) is 7.36. The number of benzene rings is 1. The number of alkyl halides is 3. The highest BCUT2D eigenvalue weighted by molar-refractivity contribution is 7.97. The third-order valence-electron chi connectivity index (χ3n) is 2.68. The van der Waals surface area contributed by atoms with Gasteiger partial charge in [-0.15, -0.1) is 0 Å². The largest absolute Gasteiger partial charge is 0.463 e. The fourth-order valence-electron chi connectivity index (χ4n) is 1.70. The molecule has 2 aromatic rings. The minimum atomic E-state index is -4.30. The number of thioether (sulfide) groups is 1. The van der Waals surface area contributed by atoms with Crippen LogP contribution in [0.1, 0.15) is 17.1 Å². The van der Waals surface area contributed by atoms with Crippen molar-refractivity contribution in [2.45, 2.75) is 18.5 Å². The molecule has 2 rings (SSSR count). The van der Waals surface area contributed by atoms with Crippen LogP contribution >= 0.6 is 11.8 Å². The molecule has 1 aromatic heterocycles. The first kappa shape index (κ1) is 14.8. The maximum Gasteiger partial charge on any atom is 0.416 e. The van der Waals surface area contributed by atoms with Gasteiger partial charge in [0.05, 0.1) is 17.9 Å². The standard InChI is InChI=1S/C14H14F3NOS/c1-20-9-13-7-6-12(19-13)8-18-11-4-2-10(3-5-11)14(15,16)17/h2-7,18H,8-9H2,1H3. The van der Waals surface area contributed by atoms with Gasteiger partial charge in [-0.1, -0.05) is 0 Å². The lowest BCUT2D eigenvalue weighted by molar-refractivity contribution is -0.137. The van der Waals surface area contributed by atoms with Crippen molar-refractivity contribution >= 4 is 17.4 Å². The molecule has 1 aromatic carbocycles. The van der Waals surface area contributed by atoms with Crippen LogP contribution < -0.4 is 5.32 Å². The van der Waals surface area contributed by atoms with E-state index in [4.69, 9.17) is 4.42 Å². The smallest absolute Gasteiger partial charge is 0.416 e. The third-order valence-corrected chi connectivity index (χ3v) is 3.26. The van der Waals surface area contributed by atoms with Gasteiger partial charge in [0.15, 0.2) is 0 Å². The van der Waals surface area contributed by atoms with Gasteiger partial charge in [0, 0.05) is 5.69 Å². The van der Waals surface area contributed by atoms with Crippen LogP contribution in [0.25, 0.3) is 0 Å². The molecule has 0 saturated carbocycles. The fraction of sp³-hybridized carbons (Fsp3) is 0.286. The second-order valence-electron chi connectivity index (χ2n) is 4.23. The molecule has 0 fully saturated rings. The molecule has 0 aliphatic carbocycles. The number of nitrogens with one attached hydrogen (secondary N) is 1. The molecular weight excluding hydrogens is 287 g/mol. The van der Waals surface area contributed by atoms with Gasteiger partial charge in [-0.3, -0.25) is 0 Å². The van der Waals surface area contributed by atoms with Crippen LogP contribution in [0, 0.1) is 0 Å². The number of hydrogen-bond donors (Lipinski definition) is 1. The summed E-state index contributed by atoms with van der Waals surface area (Å²) in [4.78, 5) is 0. The van der Waals surface area contributed by atoms with Crippen LogP contribution in [0.5, 0.6) is 0 Å². The molecule has 1 N–H and O–H groups in total. The Labute approximate surface area is 119 Å². The Kier molecular flexibility index (Phi) is 4.65. The second kappa shape index (κ2) is 6.26. The maximum atomic E-state index is 12.4. The number of halogens is 3. The maximum absolute atomic E-state index is 12.4. The Morgan fingerprint density at radius 3 is 2.30 bits per heavy atom. The minimum absolute atomic E-state index is 0.444. The van der Waals surface area contributed by atoms with E-state index in [1.807, 2.05) is 18.4 Å². The molecule has 0 bridgehead atoms. The minimum Gasteiger partial charge on any atom is -0.463 e. The Morgan fingerprint density at radius 2 is 1.70 bits per heavy atom. The molecule has 2 nitrogen and oxygen atoms in total. The Balaban J connectivity index is 1.93. The molecule has 0 atom stereocenters. The Hall–Kier alpha value is -1.56. The first-order chi connectivity index (χ1) is 9.49. The van der Waals surface area contributed by atoms with Crippen LogP contribution in [-0.2, 0) is 18.5 Å². The molecule has 0 aliphatic heterocycles. The van der Waals surface area contributed by atoms with Crippen molar-refractivity contribution in [3.05, 3.63) is 53.5 Å². The lowest BCUT2D eigenvalue weighted by Crippen LogP contribution is -2.05. The molecule has 0 aliphatic rings. The lowest BCUT2D eigenvalue weighted by Gasteiger charge is -2.08. The quantitative estimate of drug-likeness (QED) is 0.861. The number of anilines is 1. The van der Waals surface area contributed by atoms with Crippen molar-refractivity contribution in [2.24, 2.45) is 0 Å². The summed E-state index contributed by atoms with van der Waals surface area (Å²) in [6, 6.07) is 8.71. The topological polar surface area (TPSA) is 25.2 Å². The van der Waals surface area contributed by atoms with Crippen LogP contribution in [0.15, 0.2) is 40.8 Å². The molecular formula is C14H14F3NOS. The van der Waals surface area contributed by atoms with E-state index < -0.39 is 11.7 Å². The van der Waals surface area contributed by atoms with Gasteiger partial charge < -0.3 is 9.73 Å². The SMILES string of the molecule is CSCc1ccc(CNc2ccc(C(F)(F)F)cc2)o1. The number of rotatable bonds is 5. The van der Waals surface area contributed by atoms with Gasteiger partial charge in [0.1, 0.15) is 11.5 Å². The Bertz CT molecular complexity index is 548. The highest BCUT2D eigenvalue weighted by Gasteiger charge is 2.29. The van der Waals surface area contributed by atoms with Crippen LogP contribution in [0.2, 0.25) is 0 Å². The second-order valence-corrected chi connectivity index (χ2v) is 5.10. The summed E-state index contributed by atoms with van der Waals surface area (Å²) in [6.07, 6.45) is -2.31. The molecule has 0 amide bonds. The van der Waals surface area contributed by atoms with Crippen molar-refractivity contribution in [2.75, 3.05) is 11.6 Å². The molecule has 108 valence electrons. The highest BCUT2D eigenvalue weighted by atomic mass is 32.2. The van der Waals surface area contributed by atoms with Crippen molar-refractivity contribution in [1.82, 2.24) is 0 Å². The van der Waals surface area contributed by atoms with Gasteiger partial charge in [0.25, 0.3) is 0 Å². The summed E-state index contributed by atoms with van der Waals surface area (Å²) in [5.41, 5.74) is -0.0240. The zero-order chi connectivity index (χ0) is 14.6. The van der Waals surface area contributed by atoms with Gasteiger partial charge in [-0.2, -0.15) is 24.9 Å². The molecule has 1 heterocycles. The predicted octanol–water partition coefficient (Wildman–Crippen LogP) is 4.77. The predicted molar refractivity (Wildman–Crippen MR) is 74.7 cm³/mol. The van der Waals surface area contributed by atoms with Gasteiger partial charge >= 0.3 is 6.18 Å². The van der Waals surface area contributed by atoms with E-state index in [1.165, 1.54) is 12.1 Å². The summed E-state index contributed by atoms with van der Waals surface area (Å²) >= 11 is 1.67. The van der Waals surface area contributed by atoms with Crippen LogP contribution in [-0.4, -0.2) is 6.26 Å². The monoisotopic (exact) mass is 301 g/mol. The highest BCUT2D eigenvalue weighted by Crippen LogP contribution is 2.29. The summed E-state index contributed by atoms with van der Waals surface area (Å²) in [6.45, 7) is 0.444. The summed E-state index contributed by atoms with van der Waals surface area (Å²) in [5.74, 6) is 2.45. The first-order valence-electron chi connectivity index (χ1n) is 5.96. The molecule has 0 radical (unpaired) electrons. The van der Waals surface area contributed by atoms with Crippen molar-refractivity contribution in [3.63, 3.8) is 0 Å². The van der Waals surface area contributed by atoms with Crippen LogP contribution in [0.4, 0.5) is 18.9 Å². The van der Waals surface area contributed by atoms with Crippen molar-refractivity contribution < 1.29 is 17.6 Å². The fourth-order valence-corrected chi connectivity index (χ4v) is 2.14.